The molecule has 0 spiro atoms. The Kier molecular flexibility index (Phi) is 11.7. The predicted octanol–water partition coefficient (Wildman–Crippen LogP) is 6.89. The van der Waals surface area contributed by atoms with Crippen LogP contribution in [-0.4, -0.2) is 53.6 Å². The monoisotopic (exact) mass is 746 g/mol. The summed E-state index contributed by atoms with van der Waals surface area (Å²) in [5.74, 6) is -1.15. The van der Waals surface area contributed by atoms with Gasteiger partial charge in [0.25, 0.3) is 11.1 Å². The van der Waals surface area contributed by atoms with Gasteiger partial charge < -0.3 is 24.0 Å². The van der Waals surface area contributed by atoms with Gasteiger partial charge in [-0.2, -0.15) is 36.7 Å². The van der Waals surface area contributed by atoms with Crippen LogP contribution in [-0.2, 0) is 29.9 Å². The van der Waals surface area contributed by atoms with Gasteiger partial charge in [0, 0.05) is 42.6 Å². The third-order valence-corrected chi connectivity index (χ3v) is 9.03. The molecule has 4 heterocycles. The summed E-state index contributed by atoms with van der Waals surface area (Å²) < 4.78 is 119. The number of carbonyl (C=O) groups excluding carboxylic acids is 1. The zero-order valence-electron chi connectivity index (χ0n) is 27.5. The summed E-state index contributed by atoms with van der Waals surface area (Å²) in [6.07, 6.45) is -7.43. The quantitative estimate of drug-likeness (QED) is 0.183. The molecule has 2 aliphatic heterocycles. The summed E-state index contributed by atoms with van der Waals surface area (Å²) in [5, 5.41) is 7.65. The summed E-state index contributed by atoms with van der Waals surface area (Å²) in [5.41, 5.74) is -2.39. The Hall–Kier alpha value is -4.87. The number of hydrogen-bond donors (Lipinski definition) is 3. The van der Waals surface area contributed by atoms with E-state index in [1.54, 1.807) is 0 Å². The molecule has 0 saturated carbocycles. The minimum atomic E-state index is -4.68. The van der Waals surface area contributed by atoms with Gasteiger partial charge in [-0.25, -0.2) is 13.6 Å². The molecule has 18 heteroatoms. The summed E-state index contributed by atoms with van der Waals surface area (Å²) in [6.45, 7) is 0.907. The van der Waals surface area contributed by atoms with Crippen molar-refractivity contribution < 1.29 is 53.7 Å². The maximum Gasteiger partial charge on any atom is 0.416 e. The number of piperidine rings is 2. The Labute approximate surface area is 290 Å². The van der Waals surface area contributed by atoms with E-state index in [0.717, 1.165) is 30.7 Å². The van der Waals surface area contributed by atoms with Crippen molar-refractivity contribution in [3.63, 3.8) is 0 Å². The van der Waals surface area contributed by atoms with E-state index in [4.69, 9.17) is 13.8 Å². The van der Waals surface area contributed by atoms with Crippen LogP contribution in [0.25, 0.3) is 0 Å². The minimum Gasteiger partial charge on any atom is -0.453 e. The van der Waals surface area contributed by atoms with E-state index < -0.39 is 52.8 Å². The number of likely N-dealkylation sites (tertiary alicyclic amines) is 1. The van der Waals surface area contributed by atoms with Crippen LogP contribution < -0.4 is 16.4 Å². The van der Waals surface area contributed by atoms with Crippen molar-refractivity contribution in [3.05, 3.63) is 115 Å². The van der Waals surface area contributed by atoms with Gasteiger partial charge in [0.05, 0.1) is 18.2 Å². The van der Waals surface area contributed by atoms with Crippen LogP contribution in [0.15, 0.2) is 67.2 Å². The Morgan fingerprint density at radius 2 is 1.29 bits per heavy atom. The maximum atomic E-state index is 13.7. The van der Waals surface area contributed by atoms with Gasteiger partial charge in [-0.05, 0) is 92.6 Å². The summed E-state index contributed by atoms with van der Waals surface area (Å²) in [7, 11) is 1.21. The molecule has 3 N–H and O–H groups in total. The lowest BCUT2D eigenvalue weighted by Crippen LogP contribution is -2.46. The van der Waals surface area contributed by atoms with Crippen molar-refractivity contribution in [1.82, 2.24) is 20.5 Å². The van der Waals surface area contributed by atoms with E-state index in [-0.39, 0.29) is 54.0 Å². The molecule has 4 aromatic rings. The molecular formula is C34H34F8N4O6. The standard InChI is InChI=1S/C18H18F4N2O4.C16H16F4N2O2/c1-27-17(26)24-3-2-11(15-9-16(25)23-28-15)7-14(24)6-10-4-12(18(20,21)22)8-13(19)5-10;17-12-4-9(3-11(7-12)16(18,19)20)5-13-6-10(1-2-21-13)14-8-15(23)22-24-14/h4-5,8-9,11,14H,2-3,6-7H2,1H3,(H,23,25);3-4,7-8,10,13,21H,1-2,5-6H2,(H,22,23)/t11-,14-;10-,13-/m11/s1. The highest BCUT2D eigenvalue weighted by Crippen LogP contribution is 2.36. The Bertz CT molecular complexity index is 1950. The van der Waals surface area contributed by atoms with E-state index in [1.807, 2.05) is 0 Å². The topological polar surface area (TPSA) is 134 Å². The summed E-state index contributed by atoms with van der Waals surface area (Å²) in [4.78, 5) is 36.0. The van der Waals surface area contributed by atoms with Gasteiger partial charge in [-0.1, -0.05) is 0 Å². The van der Waals surface area contributed by atoms with Crippen LogP contribution in [0, 0.1) is 11.6 Å². The SMILES string of the molecule is COC(=O)N1CC[C@@H](c2cc(=O)[nH]o2)C[C@H]1Cc1cc(F)cc(C(F)(F)F)c1.O=c1cc([C@@H]2CCN[C@H](Cc3cc(F)cc(C(F)(F)F)c3)C2)o[nH]1. The van der Waals surface area contributed by atoms with Gasteiger partial charge in [-0.3, -0.25) is 9.59 Å². The number of methoxy groups -OCH3 is 1. The molecular weight excluding hydrogens is 712 g/mol. The lowest BCUT2D eigenvalue weighted by molar-refractivity contribution is -0.138. The third-order valence-electron chi connectivity index (χ3n) is 9.03. The first kappa shape index (κ1) is 38.4. The van der Waals surface area contributed by atoms with Crippen molar-refractivity contribution >= 4 is 6.09 Å². The Morgan fingerprint density at radius 1 is 0.769 bits per heavy atom. The number of nitrogens with one attached hydrogen (secondary N) is 3. The van der Waals surface area contributed by atoms with E-state index in [1.165, 1.54) is 24.1 Å². The predicted molar refractivity (Wildman–Crippen MR) is 168 cm³/mol. The number of nitrogens with zero attached hydrogens (tertiary/aromatic N) is 1. The molecule has 2 aromatic heterocycles. The first-order valence-electron chi connectivity index (χ1n) is 16.2. The van der Waals surface area contributed by atoms with E-state index in [0.29, 0.717) is 49.5 Å². The van der Waals surface area contributed by atoms with Crippen molar-refractivity contribution in [2.24, 2.45) is 0 Å². The summed E-state index contributed by atoms with van der Waals surface area (Å²) >= 11 is 0. The zero-order valence-corrected chi connectivity index (χ0v) is 27.5. The number of hydrogen-bond acceptors (Lipinski definition) is 7. The number of aromatic nitrogens is 2. The van der Waals surface area contributed by atoms with Crippen LogP contribution in [0.3, 0.4) is 0 Å². The van der Waals surface area contributed by atoms with Gasteiger partial charge in [0.1, 0.15) is 23.2 Å². The van der Waals surface area contributed by atoms with E-state index >= 15 is 0 Å². The lowest BCUT2D eigenvalue weighted by Gasteiger charge is -2.38. The fourth-order valence-corrected chi connectivity index (χ4v) is 6.70. The Balaban J connectivity index is 0.000000203. The van der Waals surface area contributed by atoms with Crippen LogP contribution in [0.1, 0.15) is 71.3 Å². The second-order valence-electron chi connectivity index (χ2n) is 12.7. The number of rotatable bonds is 6. The largest absolute Gasteiger partial charge is 0.453 e. The number of amides is 1. The number of aromatic amines is 2. The number of alkyl halides is 6. The van der Waals surface area contributed by atoms with Gasteiger partial charge in [-0.15, -0.1) is 0 Å². The highest BCUT2D eigenvalue weighted by Gasteiger charge is 2.36. The molecule has 0 unspecified atom stereocenters. The smallest absolute Gasteiger partial charge is 0.416 e. The molecule has 2 aliphatic rings. The van der Waals surface area contributed by atoms with Crippen LogP contribution in [0.4, 0.5) is 39.9 Å². The fraction of sp³-hybridized carbons (Fsp3) is 0.441. The molecule has 2 saturated heterocycles. The van der Waals surface area contributed by atoms with Crippen LogP contribution in [0.5, 0.6) is 0 Å². The summed E-state index contributed by atoms with van der Waals surface area (Å²) in [6, 6.07) is 6.94. The van der Waals surface area contributed by atoms with Crippen LogP contribution >= 0.6 is 0 Å². The number of halogens is 8. The zero-order chi connectivity index (χ0) is 37.8. The average molecular weight is 747 g/mol. The molecule has 6 rings (SSSR count). The molecule has 52 heavy (non-hydrogen) atoms. The molecule has 2 fully saturated rings. The molecule has 1 amide bonds. The highest BCUT2D eigenvalue weighted by atomic mass is 19.4. The molecule has 0 aliphatic carbocycles. The number of benzene rings is 2. The normalized spacial score (nSPS) is 21.0. The minimum absolute atomic E-state index is 0.00109. The Morgan fingerprint density at radius 3 is 1.77 bits per heavy atom. The van der Waals surface area contributed by atoms with E-state index in [2.05, 4.69) is 15.6 Å². The molecule has 2 aromatic carbocycles. The number of H-pyrrole nitrogens is 2. The van der Waals surface area contributed by atoms with Crippen LogP contribution in [0.2, 0.25) is 0 Å². The van der Waals surface area contributed by atoms with Gasteiger partial charge in [0.15, 0.2) is 0 Å². The van der Waals surface area contributed by atoms with Crippen molar-refractivity contribution in [1.29, 1.82) is 0 Å². The molecule has 0 radical (unpaired) electrons. The molecule has 10 nitrogen and oxygen atoms in total. The van der Waals surface area contributed by atoms with Gasteiger partial charge in [0.2, 0.25) is 0 Å². The van der Waals surface area contributed by atoms with Crippen molar-refractivity contribution in [3.8, 4) is 0 Å². The molecule has 0 bridgehead atoms. The number of ether oxygens (including phenoxy) is 1. The maximum absolute atomic E-state index is 13.7. The number of carbonyl (C=O) groups is 1. The van der Waals surface area contributed by atoms with Gasteiger partial charge >= 0.3 is 18.4 Å². The second kappa shape index (κ2) is 15.8. The molecule has 282 valence electrons. The highest BCUT2D eigenvalue weighted by molar-refractivity contribution is 5.68. The first-order chi connectivity index (χ1) is 24.5. The lowest BCUT2D eigenvalue weighted by atomic mass is 9.86. The first-order valence-corrected chi connectivity index (χ1v) is 16.2. The third kappa shape index (κ3) is 9.92. The average Bonchev–Trinajstić information content (AvgIpc) is 3.71. The van der Waals surface area contributed by atoms with Crippen molar-refractivity contribution in [2.75, 3.05) is 20.2 Å². The van der Waals surface area contributed by atoms with E-state index in [9.17, 15) is 49.5 Å². The molecule has 4 atom stereocenters. The second-order valence-corrected chi connectivity index (χ2v) is 12.7. The fourth-order valence-electron chi connectivity index (χ4n) is 6.70. The van der Waals surface area contributed by atoms with Crippen molar-refractivity contribution in [2.45, 2.75) is 74.8 Å².